The maximum absolute atomic E-state index is 5.91. The number of hydrogen-bond donors (Lipinski definition) is 0. The van der Waals surface area contributed by atoms with Gasteiger partial charge in [0.25, 0.3) is 0 Å². The molecule has 32 heavy (non-hydrogen) atoms. The molecule has 0 amide bonds. The fourth-order valence-corrected chi connectivity index (χ4v) is 3.87. The van der Waals surface area contributed by atoms with Gasteiger partial charge >= 0.3 is 21.7 Å². The summed E-state index contributed by atoms with van der Waals surface area (Å²) < 4.78 is 5.91. The largest absolute Gasteiger partial charge is 2.00 e. The van der Waals surface area contributed by atoms with Crippen LogP contribution in [0.5, 0.6) is 0 Å². The third kappa shape index (κ3) is 7.65. The minimum absolute atomic E-state index is 0. The SMILES string of the molecule is [C-](=C(c1ccccc1)[C-]1[C@H]2OCCC[C@@H]12)c1ccccc1.[CH]1[CH][CH][CH][CH]1.[CH]1[CH][CH][CH][CH]1.[Ti+2]. The normalized spacial score (nSPS) is 23.6. The Morgan fingerprint density at radius 2 is 1.22 bits per heavy atom. The van der Waals surface area contributed by atoms with Gasteiger partial charge in [0.05, 0.1) is 0 Å². The molecular formula is C30H28OTi. The maximum Gasteiger partial charge on any atom is 2.00 e. The summed E-state index contributed by atoms with van der Waals surface area (Å²) in [5.41, 5.74) is 3.61. The van der Waals surface area contributed by atoms with Crippen LogP contribution < -0.4 is 0 Å². The van der Waals surface area contributed by atoms with Gasteiger partial charge in [-0.05, 0) is 70.6 Å². The van der Waals surface area contributed by atoms with Gasteiger partial charge in [0, 0.05) is 12.7 Å². The van der Waals surface area contributed by atoms with Gasteiger partial charge in [0.2, 0.25) is 0 Å². The van der Waals surface area contributed by atoms with Gasteiger partial charge in [0.15, 0.2) is 0 Å². The zero-order valence-corrected chi connectivity index (χ0v) is 19.8. The van der Waals surface area contributed by atoms with Crippen LogP contribution in [0.1, 0.15) is 24.0 Å². The van der Waals surface area contributed by atoms with Crippen molar-refractivity contribution in [3.63, 3.8) is 0 Å². The Balaban J connectivity index is 0.000000217. The number of rotatable bonds is 3. The van der Waals surface area contributed by atoms with Crippen LogP contribution in [0.15, 0.2) is 60.7 Å². The molecule has 0 aromatic heterocycles. The second-order valence-corrected chi connectivity index (χ2v) is 7.65. The molecular weight excluding hydrogens is 424 g/mol. The molecule has 3 aliphatic carbocycles. The first-order valence-electron chi connectivity index (χ1n) is 11.0. The summed E-state index contributed by atoms with van der Waals surface area (Å²) in [5, 5.41) is 0. The van der Waals surface area contributed by atoms with Crippen LogP contribution in [0.25, 0.3) is 5.57 Å². The van der Waals surface area contributed by atoms with E-state index >= 15 is 0 Å². The molecule has 4 fully saturated rings. The molecule has 4 aliphatic rings. The van der Waals surface area contributed by atoms with E-state index in [1.807, 2.05) is 70.3 Å². The molecule has 1 nitrogen and oxygen atoms in total. The van der Waals surface area contributed by atoms with E-state index in [2.05, 4.69) is 60.7 Å². The molecule has 2 atom stereocenters. The molecule has 3 saturated carbocycles. The van der Waals surface area contributed by atoms with Gasteiger partial charge in [-0.2, -0.15) is 23.6 Å². The standard InChI is InChI=1S/C20H18O.2C5H5.Ti/c1-3-8-15(9-4-1)14-18(16-10-5-2-6-11-16)19-17-12-7-13-21-20(17)19;2*1-2-4-5-3-1;/h1-6,8-11,17,20H,7,12-13H2;2*1-5H;/q-2;;;+2/t17-,20-;;;/m0.../s1. The maximum atomic E-state index is 5.91. The van der Waals surface area contributed by atoms with Gasteiger partial charge in [-0.3, -0.25) is 0 Å². The zero-order chi connectivity index (χ0) is 21.1. The number of fused-ring (bicyclic) bond motifs is 1. The van der Waals surface area contributed by atoms with Crippen molar-refractivity contribution < 1.29 is 26.5 Å². The van der Waals surface area contributed by atoms with Crippen molar-refractivity contribution in [3.8, 4) is 0 Å². The van der Waals surface area contributed by atoms with Crippen molar-refractivity contribution in [1.29, 1.82) is 0 Å². The van der Waals surface area contributed by atoms with E-state index in [0.717, 1.165) is 12.2 Å². The van der Waals surface area contributed by atoms with E-state index in [1.165, 1.54) is 29.9 Å². The summed E-state index contributed by atoms with van der Waals surface area (Å²) in [4.78, 5) is 0. The molecule has 2 heteroatoms. The average Bonchev–Trinajstić information content (AvgIpc) is 3.32. The second-order valence-electron chi connectivity index (χ2n) is 7.65. The van der Waals surface area contributed by atoms with E-state index in [9.17, 15) is 0 Å². The van der Waals surface area contributed by atoms with Crippen molar-refractivity contribution in [2.24, 2.45) is 5.92 Å². The molecule has 10 radical (unpaired) electrons. The van der Waals surface area contributed by atoms with E-state index in [4.69, 9.17) is 4.74 Å². The van der Waals surface area contributed by atoms with Gasteiger partial charge in [-0.25, -0.2) is 17.2 Å². The van der Waals surface area contributed by atoms with Crippen molar-refractivity contribution in [1.82, 2.24) is 0 Å². The molecule has 1 heterocycles. The van der Waals surface area contributed by atoms with Gasteiger partial charge < -0.3 is 4.74 Å². The quantitative estimate of drug-likeness (QED) is 0.300. The molecule has 1 aliphatic heterocycles. The molecule has 0 bridgehead atoms. The first-order chi connectivity index (χ1) is 15.4. The van der Waals surface area contributed by atoms with Crippen LogP contribution in [0.3, 0.4) is 0 Å². The Kier molecular flexibility index (Phi) is 11.2. The molecule has 0 N–H and O–H groups in total. The number of hydrogen-bond acceptors (Lipinski definition) is 1. The summed E-state index contributed by atoms with van der Waals surface area (Å²) >= 11 is 0. The predicted molar refractivity (Wildman–Crippen MR) is 127 cm³/mol. The summed E-state index contributed by atoms with van der Waals surface area (Å²) in [5.74, 6) is 2.06. The first-order valence-corrected chi connectivity index (χ1v) is 11.0. The molecule has 158 valence electrons. The van der Waals surface area contributed by atoms with E-state index in [0.29, 0.717) is 12.0 Å². The minimum Gasteiger partial charge on any atom is -0.389 e. The molecule has 0 spiro atoms. The topological polar surface area (TPSA) is 9.23 Å². The smallest absolute Gasteiger partial charge is 0.389 e. The van der Waals surface area contributed by atoms with Crippen LogP contribution >= 0.6 is 0 Å². The third-order valence-electron chi connectivity index (χ3n) is 5.42. The fourth-order valence-electron chi connectivity index (χ4n) is 3.87. The Labute approximate surface area is 210 Å². The van der Waals surface area contributed by atoms with Gasteiger partial charge in [0.1, 0.15) is 0 Å². The Morgan fingerprint density at radius 3 is 1.69 bits per heavy atom. The van der Waals surface area contributed by atoms with Crippen LogP contribution in [-0.4, -0.2) is 12.7 Å². The monoisotopic (exact) mass is 452 g/mol. The summed E-state index contributed by atoms with van der Waals surface area (Å²) in [6, 6.07) is 21.0. The first kappa shape index (κ1) is 25.3. The second kappa shape index (κ2) is 14.1. The number of benzene rings is 2. The molecule has 2 aromatic rings. The molecule has 0 unspecified atom stereocenters. The zero-order valence-electron chi connectivity index (χ0n) is 18.2. The Morgan fingerprint density at radius 1 is 0.719 bits per heavy atom. The average molecular weight is 452 g/mol. The molecule has 2 aromatic carbocycles. The summed E-state index contributed by atoms with van der Waals surface area (Å²) in [6.45, 7) is 0.901. The van der Waals surface area contributed by atoms with Crippen LogP contribution in [0.4, 0.5) is 0 Å². The van der Waals surface area contributed by atoms with Gasteiger partial charge in [-0.1, -0.05) is 36.6 Å². The third-order valence-corrected chi connectivity index (χ3v) is 5.42. The van der Waals surface area contributed by atoms with Crippen molar-refractivity contribution >= 4 is 5.57 Å². The molecule has 6 rings (SSSR count). The van der Waals surface area contributed by atoms with Crippen molar-refractivity contribution in [2.45, 2.75) is 18.9 Å². The van der Waals surface area contributed by atoms with Crippen molar-refractivity contribution in [3.05, 3.63) is 148 Å². The Bertz CT molecular complexity index is 740. The van der Waals surface area contributed by atoms with E-state index < -0.39 is 0 Å². The van der Waals surface area contributed by atoms with Crippen LogP contribution in [-0.2, 0) is 26.5 Å². The van der Waals surface area contributed by atoms with Gasteiger partial charge in [-0.15, -0.1) is 24.3 Å². The Hall–Kier alpha value is -1.28. The predicted octanol–water partition coefficient (Wildman–Crippen LogP) is 6.35. The molecule has 1 saturated heterocycles. The number of ether oxygens (including phenoxy) is 1. The van der Waals surface area contributed by atoms with E-state index in [-0.39, 0.29) is 21.7 Å². The fraction of sp³-hybridized carbons (Fsp3) is 0.167. The minimum atomic E-state index is 0. The van der Waals surface area contributed by atoms with Crippen LogP contribution in [0, 0.1) is 82.1 Å². The summed E-state index contributed by atoms with van der Waals surface area (Å²) in [7, 11) is 0. The van der Waals surface area contributed by atoms with Crippen molar-refractivity contribution in [2.75, 3.05) is 6.61 Å². The van der Waals surface area contributed by atoms with E-state index in [1.54, 1.807) is 0 Å². The van der Waals surface area contributed by atoms with Crippen LogP contribution in [0.2, 0.25) is 0 Å². The summed E-state index contributed by atoms with van der Waals surface area (Å²) in [6.07, 6.45) is 26.4.